The highest BCUT2D eigenvalue weighted by molar-refractivity contribution is 9.10. The Bertz CT molecular complexity index is 435. The number of nitrogens with zero attached hydrogens (tertiary/aromatic N) is 2. The molecule has 98 valence electrons. The molecule has 0 aromatic heterocycles. The van der Waals surface area contributed by atoms with Crippen LogP contribution < -0.4 is 10.4 Å². The predicted molar refractivity (Wildman–Crippen MR) is 78.8 cm³/mol. The van der Waals surface area contributed by atoms with Gasteiger partial charge in [0.05, 0.1) is 11.7 Å². The van der Waals surface area contributed by atoms with E-state index in [4.69, 9.17) is 0 Å². The van der Waals surface area contributed by atoms with E-state index in [-0.39, 0.29) is 0 Å². The number of benzene rings is 1. The Labute approximate surface area is 117 Å². The fourth-order valence-electron chi connectivity index (χ4n) is 3.00. The highest BCUT2D eigenvalue weighted by Crippen LogP contribution is 2.29. The Hall–Kier alpha value is -0.580. The number of rotatable bonds is 1. The van der Waals surface area contributed by atoms with Crippen molar-refractivity contribution in [3.05, 3.63) is 28.2 Å². The molecule has 1 atom stereocenters. The lowest BCUT2D eigenvalue weighted by atomic mass is 10.1. The molecule has 0 saturated carbocycles. The van der Waals surface area contributed by atoms with Gasteiger partial charge in [-0.15, -0.1) is 0 Å². The van der Waals surface area contributed by atoms with Crippen LogP contribution in [0.15, 0.2) is 22.7 Å². The molecule has 0 amide bonds. The van der Waals surface area contributed by atoms with Crippen LogP contribution in [0.4, 0.5) is 5.69 Å². The van der Waals surface area contributed by atoms with E-state index in [1.165, 1.54) is 41.5 Å². The third-order valence-electron chi connectivity index (χ3n) is 3.94. The molecule has 18 heavy (non-hydrogen) atoms. The van der Waals surface area contributed by atoms with Crippen molar-refractivity contribution in [2.24, 2.45) is 0 Å². The Kier molecular flexibility index (Phi) is 3.59. The molecule has 4 heteroatoms. The second kappa shape index (κ2) is 5.19. The smallest absolute Gasteiger partial charge is 0.0594 e. The summed E-state index contributed by atoms with van der Waals surface area (Å²) < 4.78 is 1.19. The van der Waals surface area contributed by atoms with Gasteiger partial charge >= 0.3 is 0 Å². The van der Waals surface area contributed by atoms with Crippen molar-refractivity contribution in [1.82, 2.24) is 10.3 Å². The van der Waals surface area contributed by atoms with Crippen molar-refractivity contribution in [3.63, 3.8) is 0 Å². The van der Waals surface area contributed by atoms with E-state index < -0.39 is 0 Å². The zero-order chi connectivity index (χ0) is 12.5. The van der Waals surface area contributed by atoms with Crippen molar-refractivity contribution < 1.29 is 0 Å². The first-order valence-electron chi connectivity index (χ1n) is 6.74. The van der Waals surface area contributed by atoms with E-state index in [9.17, 15) is 0 Å². The van der Waals surface area contributed by atoms with E-state index >= 15 is 0 Å². The van der Waals surface area contributed by atoms with Gasteiger partial charge < -0.3 is 9.91 Å². The first-order valence-corrected chi connectivity index (χ1v) is 7.53. The number of hydrazine groups is 1. The summed E-state index contributed by atoms with van der Waals surface area (Å²) in [5.74, 6) is 0. The minimum absolute atomic E-state index is 0.605. The molecule has 3 nitrogen and oxygen atoms in total. The Balaban J connectivity index is 1.91. The maximum Gasteiger partial charge on any atom is 0.0594 e. The van der Waals surface area contributed by atoms with E-state index in [0.717, 1.165) is 13.1 Å². The van der Waals surface area contributed by atoms with Crippen LogP contribution in [-0.2, 0) is 6.42 Å². The summed E-state index contributed by atoms with van der Waals surface area (Å²) in [7, 11) is 2.21. The summed E-state index contributed by atoms with van der Waals surface area (Å²) in [6.45, 7) is 3.43. The van der Waals surface area contributed by atoms with Crippen LogP contribution in [0.5, 0.6) is 0 Å². The van der Waals surface area contributed by atoms with Crippen LogP contribution >= 0.6 is 15.9 Å². The van der Waals surface area contributed by atoms with Gasteiger partial charge in [0.1, 0.15) is 0 Å². The molecule has 1 aromatic rings. The SMILES string of the molecule is CN1CCC(N2NCCCc3cc(Br)ccc32)C1. The van der Waals surface area contributed by atoms with Crippen LogP contribution in [0.3, 0.4) is 0 Å². The van der Waals surface area contributed by atoms with Gasteiger partial charge in [0.2, 0.25) is 0 Å². The average Bonchev–Trinajstić information content (AvgIpc) is 2.67. The van der Waals surface area contributed by atoms with Crippen molar-refractivity contribution >= 4 is 21.6 Å². The topological polar surface area (TPSA) is 18.5 Å². The fourth-order valence-corrected chi connectivity index (χ4v) is 3.41. The molecule has 0 radical (unpaired) electrons. The van der Waals surface area contributed by atoms with Crippen LogP contribution in [0.1, 0.15) is 18.4 Å². The third kappa shape index (κ3) is 2.42. The van der Waals surface area contributed by atoms with Crippen LogP contribution in [-0.4, -0.2) is 37.6 Å². The normalized spacial score (nSPS) is 25.0. The molecule has 2 aliphatic heterocycles. The lowest BCUT2D eigenvalue weighted by molar-refractivity contribution is 0.401. The van der Waals surface area contributed by atoms with Gasteiger partial charge in [-0.1, -0.05) is 15.9 Å². The van der Waals surface area contributed by atoms with Gasteiger partial charge in [-0.3, -0.25) is 0 Å². The maximum absolute atomic E-state index is 3.61. The second-order valence-corrected chi connectivity index (χ2v) is 6.28. The third-order valence-corrected chi connectivity index (χ3v) is 4.43. The molecular formula is C14H20BrN3. The van der Waals surface area contributed by atoms with Gasteiger partial charge in [0.15, 0.2) is 0 Å². The van der Waals surface area contributed by atoms with Crippen molar-refractivity contribution in [1.29, 1.82) is 0 Å². The van der Waals surface area contributed by atoms with Gasteiger partial charge in [-0.2, -0.15) is 0 Å². The number of nitrogens with one attached hydrogen (secondary N) is 1. The molecule has 1 aromatic carbocycles. The average molecular weight is 310 g/mol. The number of aryl methyl sites for hydroxylation is 1. The molecule has 1 fully saturated rings. The Morgan fingerprint density at radius 2 is 2.28 bits per heavy atom. The number of halogens is 1. The molecule has 1 N–H and O–H groups in total. The molecule has 1 saturated heterocycles. The minimum Gasteiger partial charge on any atom is -0.304 e. The Morgan fingerprint density at radius 3 is 3.06 bits per heavy atom. The zero-order valence-electron chi connectivity index (χ0n) is 10.8. The summed E-state index contributed by atoms with van der Waals surface area (Å²) in [4.78, 5) is 2.41. The first kappa shape index (κ1) is 12.5. The minimum atomic E-state index is 0.605. The number of anilines is 1. The maximum atomic E-state index is 3.61. The molecule has 1 unspecified atom stereocenters. The largest absolute Gasteiger partial charge is 0.304 e. The van der Waals surface area contributed by atoms with Gasteiger partial charge in [0.25, 0.3) is 0 Å². The van der Waals surface area contributed by atoms with Crippen LogP contribution in [0, 0.1) is 0 Å². The summed E-state index contributed by atoms with van der Waals surface area (Å²) in [6, 6.07) is 7.27. The van der Waals surface area contributed by atoms with E-state index in [1.54, 1.807) is 0 Å². The number of fused-ring (bicyclic) bond motifs is 1. The number of hydrogen-bond acceptors (Lipinski definition) is 3. The van der Waals surface area contributed by atoms with Gasteiger partial charge in [-0.05, 0) is 56.6 Å². The van der Waals surface area contributed by atoms with Gasteiger partial charge in [0, 0.05) is 17.6 Å². The number of hydrogen-bond donors (Lipinski definition) is 1. The lowest BCUT2D eigenvalue weighted by Crippen LogP contribution is -2.47. The quantitative estimate of drug-likeness (QED) is 0.859. The standard InChI is InChI=1S/C14H20BrN3/c1-17-8-6-13(10-17)18-14-5-4-12(15)9-11(14)3-2-7-16-18/h4-5,9,13,16H,2-3,6-8,10H2,1H3. The van der Waals surface area contributed by atoms with Crippen molar-refractivity contribution in [2.45, 2.75) is 25.3 Å². The molecule has 3 rings (SSSR count). The summed E-state index contributed by atoms with van der Waals surface area (Å²) in [5.41, 5.74) is 6.44. The summed E-state index contributed by atoms with van der Waals surface area (Å²) in [5, 5.41) is 2.41. The summed E-state index contributed by atoms with van der Waals surface area (Å²) in [6.07, 6.45) is 3.63. The van der Waals surface area contributed by atoms with Gasteiger partial charge in [-0.25, -0.2) is 5.43 Å². The number of likely N-dealkylation sites (tertiary alicyclic amines) is 1. The van der Waals surface area contributed by atoms with Crippen molar-refractivity contribution in [2.75, 3.05) is 31.7 Å². The molecule has 2 heterocycles. The van der Waals surface area contributed by atoms with Crippen molar-refractivity contribution in [3.8, 4) is 0 Å². The molecule has 0 aliphatic carbocycles. The zero-order valence-corrected chi connectivity index (χ0v) is 12.4. The van der Waals surface area contributed by atoms with E-state index in [0.29, 0.717) is 6.04 Å². The van der Waals surface area contributed by atoms with E-state index in [1.807, 2.05) is 0 Å². The van der Waals surface area contributed by atoms with E-state index in [2.05, 4.69) is 56.5 Å². The lowest BCUT2D eigenvalue weighted by Gasteiger charge is -2.31. The summed E-state index contributed by atoms with van der Waals surface area (Å²) >= 11 is 3.58. The highest BCUT2D eigenvalue weighted by Gasteiger charge is 2.28. The predicted octanol–water partition coefficient (Wildman–Crippen LogP) is 2.41. The Morgan fingerprint density at radius 1 is 1.39 bits per heavy atom. The first-order chi connectivity index (χ1) is 8.74. The monoisotopic (exact) mass is 309 g/mol. The van der Waals surface area contributed by atoms with Crippen LogP contribution in [0.25, 0.3) is 0 Å². The molecule has 2 aliphatic rings. The molecule has 0 bridgehead atoms. The molecular weight excluding hydrogens is 290 g/mol. The molecule has 0 spiro atoms. The number of likely N-dealkylation sites (N-methyl/N-ethyl adjacent to an activating group) is 1. The highest BCUT2D eigenvalue weighted by atomic mass is 79.9. The fraction of sp³-hybridized carbons (Fsp3) is 0.571. The van der Waals surface area contributed by atoms with Crippen LogP contribution in [0.2, 0.25) is 0 Å². The second-order valence-electron chi connectivity index (χ2n) is 5.36.